The van der Waals surface area contributed by atoms with E-state index in [0.717, 1.165) is 4.90 Å². The number of anilines is 2. The van der Waals surface area contributed by atoms with E-state index in [1.165, 1.54) is 11.8 Å². The van der Waals surface area contributed by atoms with Crippen LogP contribution in [0.1, 0.15) is 0 Å². The molecule has 3 rings (SSSR count). The second kappa shape index (κ2) is 7.34. The third-order valence-corrected chi connectivity index (χ3v) is 4.75. The molecule has 1 aliphatic rings. The van der Waals surface area contributed by atoms with Gasteiger partial charge in [0.25, 0.3) is 5.91 Å². The molecule has 0 saturated carbocycles. The van der Waals surface area contributed by atoms with Crippen molar-refractivity contribution < 1.29 is 14.3 Å². The summed E-state index contributed by atoms with van der Waals surface area (Å²) in [6.45, 7) is -0.195. The van der Waals surface area contributed by atoms with Crippen LogP contribution in [-0.2, 0) is 9.59 Å². The van der Waals surface area contributed by atoms with Crippen molar-refractivity contribution in [3.05, 3.63) is 46.4 Å². The maximum atomic E-state index is 12.0. The molecule has 0 saturated heterocycles. The summed E-state index contributed by atoms with van der Waals surface area (Å²) >= 11 is 13.2. The molecule has 0 aromatic heterocycles. The van der Waals surface area contributed by atoms with Crippen LogP contribution in [0.4, 0.5) is 11.4 Å². The van der Waals surface area contributed by atoms with E-state index in [-0.39, 0.29) is 18.4 Å². The Labute approximate surface area is 152 Å². The molecule has 0 spiro atoms. The quantitative estimate of drug-likeness (QED) is 0.836. The van der Waals surface area contributed by atoms with Gasteiger partial charge in [-0.3, -0.25) is 9.59 Å². The molecule has 0 radical (unpaired) electrons. The summed E-state index contributed by atoms with van der Waals surface area (Å²) in [6.07, 6.45) is 0. The van der Waals surface area contributed by atoms with Gasteiger partial charge in [0.1, 0.15) is 5.75 Å². The highest BCUT2D eigenvalue weighted by atomic mass is 35.5. The molecule has 2 amide bonds. The van der Waals surface area contributed by atoms with Crippen molar-refractivity contribution in [1.29, 1.82) is 0 Å². The number of carbonyl (C=O) groups is 2. The van der Waals surface area contributed by atoms with Crippen LogP contribution < -0.4 is 15.4 Å². The lowest BCUT2D eigenvalue weighted by Crippen LogP contribution is -2.21. The number of halogens is 2. The van der Waals surface area contributed by atoms with Crippen LogP contribution in [0.3, 0.4) is 0 Å². The van der Waals surface area contributed by atoms with Crippen molar-refractivity contribution in [2.75, 3.05) is 23.0 Å². The van der Waals surface area contributed by atoms with E-state index in [1.54, 1.807) is 30.3 Å². The average Bonchev–Trinajstić information content (AvgIpc) is 2.53. The molecular formula is C16H12Cl2N2O3S. The molecule has 24 heavy (non-hydrogen) atoms. The fourth-order valence-electron chi connectivity index (χ4n) is 2.09. The van der Waals surface area contributed by atoms with E-state index in [4.69, 9.17) is 27.9 Å². The Balaban J connectivity index is 1.61. The average molecular weight is 383 g/mol. The SMILES string of the molecule is O=C(COc1ccc(Cl)cc1Cl)Nc1ccc2c(c1)NC(=O)CS2. The zero-order chi connectivity index (χ0) is 17.1. The number of ether oxygens (including phenoxy) is 1. The number of benzene rings is 2. The molecule has 124 valence electrons. The highest BCUT2D eigenvalue weighted by molar-refractivity contribution is 8.00. The molecule has 1 aliphatic heterocycles. The van der Waals surface area contributed by atoms with E-state index in [9.17, 15) is 9.59 Å². The van der Waals surface area contributed by atoms with Crippen LogP contribution in [0.2, 0.25) is 10.0 Å². The second-order valence-electron chi connectivity index (χ2n) is 4.96. The highest BCUT2D eigenvalue weighted by Gasteiger charge is 2.16. The summed E-state index contributed by atoms with van der Waals surface area (Å²) in [5.74, 6) is 0.381. The second-order valence-corrected chi connectivity index (χ2v) is 6.82. The van der Waals surface area contributed by atoms with Gasteiger partial charge in [0.05, 0.1) is 16.5 Å². The van der Waals surface area contributed by atoms with E-state index in [2.05, 4.69) is 10.6 Å². The van der Waals surface area contributed by atoms with E-state index >= 15 is 0 Å². The van der Waals surface area contributed by atoms with Gasteiger partial charge in [0.15, 0.2) is 6.61 Å². The fourth-order valence-corrected chi connectivity index (χ4v) is 3.35. The summed E-state index contributed by atoms with van der Waals surface area (Å²) in [4.78, 5) is 24.4. The summed E-state index contributed by atoms with van der Waals surface area (Å²) < 4.78 is 5.38. The number of hydrogen-bond acceptors (Lipinski definition) is 4. The maximum absolute atomic E-state index is 12.0. The monoisotopic (exact) mass is 382 g/mol. The van der Waals surface area contributed by atoms with Gasteiger partial charge in [-0.05, 0) is 36.4 Å². The first-order valence-corrected chi connectivity index (χ1v) is 8.70. The minimum atomic E-state index is -0.337. The molecule has 0 atom stereocenters. The van der Waals surface area contributed by atoms with Crippen molar-refractivity contribution in [2.24, 2.45) is 0 Å². The van der Waals surface area contributed by atoms with Gasteiger partial charge < -0.3 is 15.4 Å². The van der Waals surface area contributed by atoms with E-state index < -0.39 is 0 Å². The number of hydrogen-bond donors (Lipinski definition) is 2. The number of fused-ring (bicyclic) bond motifs is 1. The maximum Gasteiger partial charge on any atom is 0.262 e. The Bertz CT molecular complexity index is 814. The molecule has 0 aliphatic carbocycles. The largest absolute Gasteiger partial charge is 0.482 e. The Morgan fingerprint density at radius 1 is 1.25 bits per heavy atom. The predicted molar refractivity (Wildman–Crippen MR) is 96.4 cm³/mol. The van der Waals surface area contributed by atoms with Crippen LogP contribution in [0.25, 0.3) is 0 Å². The molecule has 0 fully saturated rings. The Hall–Kier alpha value is -1.89. The van der Waals surface area contributed by atoms with Gasteiger partial charge in [0, 0.05) is 15.6 Å². The summed E-state index contributed by atoms with van der Waals surface area (Å²) in [7, 11) is 0. The van der Waals surface area contributed by atoms with Gasteiger partial charge in [-0.2, -0.15) is 0 Å². The standard InChI is InChI=1S/C16H12Cl2N2O3S/c17-9-1-3-13(11(18)5-9)23-7-15(21)19-10-2-4-14-12(6-10)20-16(22)8-24-14/h1-6H,7-8H2,(H,19,21)(H,20,22). The first kappa shape index (κ1) is 17.0. The zero-order valence-electron chi connectivity index (χ0n) is 12.3. The topological polar surface area (TPSA) is 67.4 Å². The number of thioether (sulfide) groups is 1. The lowest BCUT2D eigenvalue weighted by Gasteiger charge is -2.17. The number of amides is 2. The minimum Gasteiger partial charge on any atom is -0.482 e. The lowest BCUT2D eigenvalue weighted by molar-refractivity contribution is -0.118. The lowest BCUT2D eigenvalue weighted by atomic mass is 10.2. The summed E-state index contributed by atoms with van der Waals surface area (Å²) in [5, 5.41) is 6.31. The fraction of sp³-hybridized carbons (Fsp3) is 0.125. The molecule has 2 aromatic carbocycles. The molecule has 0 unspecified atom stereocenters. The smallest absolute Gasteiger partial charge is 0.262 e. The molecule has 8 heteroatoms. The third-order valence-electron chi connectivity index (χ3n) is 3.15. The predicted octanol–water partition coefficient (Wildman–Crippen LogP) is 4.06. The van der Waals surface area contributed by atoms with Crippen molar-refractivity contribution in [3.8, 4) is 5.75 Å². The van der Waals surface area contributed by atoms with Gasteiger partial charge >= 0.3 is 0 Å². The van der Waals surface area contributed by atoms with Crippen molar-refractivity contribution >= 4 is 58.2 Å². The Morgan fingerprint density at radius 3 is 2.88 bits per heavy atom. The van der Waals surface area contributed by atoms with Crippen LogP contribution in [0.15, 0.2) is 41.3 Å². The number of rotatable bonds is 4. The molecule has 1 heterocycles. The third kappa shape index (κ3) is 4.14. The molecule has 5 nitrogen and oxygen atoms in total. The highest BCUT2D eigenvalue weighted by Crippen LogP contribution is 2.33. The Morgan fingerprint density at radius 2 is 2.08 bits per heavy atom. The molecular weight excluding hydrogens is 371 g/mol. The van der Waals surface area contributed by atoms with E-state index in [1.807, 2.05) is 6.07 Å². The molecule has 2 aromatic rings. The van der Waals surface area contributed by atoms with E-state index in [0.29, 0.717) is 32.9 Å². The van der Waals surface area contributed by atoms with Crippen LogP contribution in [-0.4, -0.2) is 24.2 Å². The van der Waals surface area contributed by atoms with Gasteiger partial charge in [0.2, 0.25) is 5.91 Å². The van der Waals surface area contributed by atoms with Crippen LogP contribution >= 0.6 is 35.0 Å². The van der Waals surface area contributed by atoms with Gasteiger partial charge in [-0.25, -0.2) is 0 Å². The first-order chi connectivity index (χ1) is 11.5. The zero-order valence-corrected chi connectivity index (χ0v) is 14.6. The molecule has 0 bridgehead atoms. The summed E-state index contributed by atoms with van der Waals surface area (Å²) in [6, 6.07) is 10.1. The normalized spacial score (nSPS) is 13.0. The Kier molecular flexibility index (Phi) is 5.18. The molecule has 2 N–H and O–H groups in total. The minimum absolute atomic E-state index is 0.0586. The number of carbonyl (C=O) groups excluding carboxylic acids is 2. The van der Waals surface area contributed by atoms with Gasteiger partial charge in [-0.1, -0.05) is 23.2 Å². The first-order valence-electron chi connectivity index (χ1n) is 6.95. The van der Waals surface area contributed by atoms with Crippen LogP contribution in [0, 0.1) is 0 Å². The number of nitrogens with one attached hydrogen (secondary N) is 2. The summed E-state index contributed by atoms with van der Waals surface area (Å²) in [5.41, 5.74) is 1.27. The van der Waals surface area contributed by atoms with Crippen molar-refractivity contribution in [2.45, 2.75) is 4.90 Å². The van der Waals surface area contributed by atoms with Crippen molar-refractivity contribution in [3.63, 3.8) is 0 Å². The van der Waals surface area contributed by atoms with Crippen LogP contribution in [0.5, 0.6) is 5.75 Å². The van der Waals surface area contributed by atoms with Crippen molar-refractivity contribution in [1.82, 2.24) is 0 Å². The van der Waals surface area contributed by atoms with Gasteiger partial charge in [-0.15, -0.1) is 11.8 Å².